The number of esters is 1. The summed E-state index contributed by atoms with van der Waals surface area (Å²) in [4.78, 5) is 11.7. The van der Waals surface area contributed by atoms with Crippen LogP contribution in [0.3, 0.4) is 0 Å². The molecule has 82 valence electrons. The van der Waals surface area contributed by atoms with E-state index in [0.717, 1.165) is 6.42 Å². The smallest absolute Gasteiger partial charge is 0.312 e. The summed E-state index contributed by atoms with van der Waals surface area (Å²) in [6, 6.07) is 0. The topological polar surface area (TPSA) is 61.5 Å². The fourth-order valence-electron chi connectivity index (χ4n) is 1.53. The standard InChI is InChI=1S/C10H19NO3/c1-10(2,3)14-9(12)7-4-5-13-8(7)6-11/h7-8H,4-6,11H2,1-3H3/t7-,8-/m0/s1. The van der Waals surface area contributed by atoms with E-state index in [9.17, 15) is 4.79 Å². The van der Waals surface area contributed by atoms with E-state index in [4.69, 9.17) is 15.2 Å². The van der Waals surface area contributed by atoms with Gasteiger partial charge >= 0.3 is 5.97 Å². The van der Waals surface area contributed by atoms with Gasteiger partial charge in [-0.25, -0.2) is 0 Å². The summed E-state index contributed by atoms with van der Waals surface area (Å²) >= 11 is 0. The Morgan fingerprint density at radius 3 is 2.71 bits per heavy atom. The second-order valence-electron chi connectivity index (χ2n) is 4.57. The highest BCUT2D eigenvalue weighted by Gasteiger charge is 2.35. The molecule has 14 heavy (non-hydrogen) atoms. The zero-order valence-corrected chi connectivity index (χ0v) is 9.08. The van der Waals surface area contributed by atoms with Gasteiger partial charge in [-0.2, -0.15) is 0 Å². The SMILES string of the molecule is CC(C)(C)OC(=O)[C@H]1CCO[C@H]1CN. The van der Waals surface area contributed by atoms with Crippen molar-refractivity contribution in [2.75, 3.05) is 13.2 Å². The van der Waals surface area contributed by atoms with E-state index in [1.165, 1.54) is 0 Å². The average Bonchev–Trinajstić information content (AvgIpc) is 2.47. The summed E-state index contributed by atoms with van der Waals surface area (Å²) in [6.07, 6.45) is 0.557. The summed E-state index contributed by atoms with van der Waals surface area (Å²) in [5.74, 6) is -0.371. The predicted molar refractivity (Wildman–Crippen MR) is 52.7 cm³/mol. The van der Waals surface area contributed by atoms with Crippen molar-refractivity contribution in [3.63, 3.8) is 0 Å². The van der Waals surface area contributed by atoms with Gasteiger partial charge in [-0.05, 0) is 27.2 Å². The highest BCUT2D eigenvalue weighted by Crippen LogP contribution is 2.23. The Bertz CT molecular complexity index is 210. The van der Waals surface area contributed by atoms with Crippen molar-refractivity contribution in [1.29, 1.82) is 0 Å². The van der Waals surface area contributed by atoms with Crippen LogP contribution in [0.4, 0.5) is 0 Å². The van der Waals surface area contributed by atoms with Crippen molar-refractivity contribution in [1.82, 2.24) is 0 Å². The average molecular weight is 201 g/mol. The molecule has 0 unspecified atom stereocenters. The van der Waals surface area contributed by atoms with E-state index >= 15 is 0 Å². The highest BCUT2D eigenvalue weighted by molar-refractivity contribution is 5.73. The van der Waals surface area contributed by atoms with Crippen LogP contribution in [0.5, 0.6) is 0 Å². The third kappa shape index (κ3) is 2.96. The maximum Gasteiger partial charge on any atom is 0.312 e. The van der Waals surface area contributed by atoms with Gasteiger partial charge in [0.25, 0.3) is 0 Å². The number of nitrogens with two attached hydrogens (primary N) is 1. The van der Waals surface area contributed by atoms with Crippen molar-refractivity contribution < 1.29 is 14.3 Å². The van der Waals surface area contributed by atoms with Crippen LogP contribution in [0.1, 0.15) is 27.2 Å². The van der Waals surface area contributed by atoms with E-state index in [2.05, 4.69) is 0 Å². The maximum absolute atomic E-state index is 11.7. The van der Waals surface area contributed by atoms with Gasteiger partial charge in [0, 0.05) is 13.2 Å². The number of ether oxygens (including phenoxy) is 2. The summed E-state index contributed by atoms with van der Waals surface area (Å²) in [5.41, 5.74) is 5.06. The molecule has 0 amide bonds. The molecule has 0 aromatic heterocycles. The Hall–Kier alpha value is -0.610. The Balaban J connectivity index is 2.52. The number of carbonyl (C=O) groups is 1. The molecule has 0 aromatic rings. The van der Waals surface area contributed by atoms with Crippen LogP contribution in [0.15, 0.2) is 0 Å². The van der Waals surface area contributed by atoms with Crippen LogP contribution in [0.25, 0.3) is 0 Å². The molecule has 1 saturated heterocycles. The summed E-state index contributed by atoms with van der Waals surface area (Å²) < 4.78 is 10.6. The second-order valence-corrected chi connectivity index (χ2v) is 4.57. The number of hydrogen-bond acceptors (Lipinski definition) is 4. The van der Waals surface area contributed by atoms with Crippen LogP contribution in [0.2, 0.25) is 0 Å². The molecular formula is C10H19NO3. The van der Waals surface area contributed by atoms with Crippen molar-refractivity contribution in [2.45, 2.75) is 38.9 Å². The molecule has 0 aliphatic carbocycles. The minimum atomic E-state index is -0.432. The number of rotatable bonds is 2. The first-order chi connectivity index (χ1) is 6.44. The van der Waals surface area contributed by atoms with Gasteiger partial charge in [0.1, 0.15) is 5.60 Å². The normalized spacial score (nSPS) is 27.7. The third-order valence-electron chi connectivity index (χ3n) is 2.15. The zero-order chi connectivity index (χ0) is 10.8. The number of hydrogen-bond donors (Lipinski definition) is 1. The Kier molecular flexibility index (Phi) is 3.50. The van der Waals surface area contributed by atoms with Gasteiger partial charge in [-0.1, -0.05) is 0 Å². The predicted octanol–water partition coefficient (Wildman–Crippen LogP) is 0.692. The molecule has 2 N–H and O–H groups in total. The minimum absolute atomic E-state index is 0.162. The van der Waals surface area contributed by atoms with Crippen LogP contribution < -0.4 is 5.73 Å². The Labute approximate surface area is 84.7 Å². The molecule has 1 rings (SSSR count). The summed E-state index contributed by atoms with van der Waals surface area (Å²) in [7, 11) is 0. The number of carbonyl (C=O) groups excluding carboxylic acids is 1. The molecule has 4 heteroatoms. The van der Waals surface area contributed by atoms with E-state index in [1.807, 2.05) is 20.8 Å². The lowest BCUT2D eigenvalue weighted by atomic mass is 10.0. The van der Waals surface area contributed by atoms with Crippen molar-refractivity contribution >= 4 is 5.97 Å². The summed E-state index contributed by atoms with van der Waals surface area (Å²) in [6.45, 7) is 6.56. The Morgan fingerprint density at radius 1 is 1.57 bits per heavy atom. The molecule has 4 nitrogen and oxygen atoms in total. The van der Waals surface area contributed by atoms with Gasteiger partial charge in [-0.15, -0.1) is 0 Å². The molecule has 0 spiro atoms. The fraction of sp³-hybridized carbons (Fsp3) is 0.900. The maximum atomic E-state index is 11.7. The minimum Gasteiger partial charge on any atom is -0.460 e. The molecule has 1 aliphatic rings. The molecule has 1 aliphatic heterocycles. The Morgan fingerprint density at radius 2 is 2.21 bits per heavy atom. The largest absolute Gasteiger partial charge is 0.460 e. The first-order valence-electron chi connectivity index (χ1n) is 4.98. The van der Waals surface area contributed by atoms with E-state index in [1.54, 1.807) is 0 Å². The van der Waals surface area contributed by atoms with Crippen LogP contribution in [-0.2, 0) is 14.3 Å². The molecule has 0 bridgehead atoms. The van der Waals surface area contributed by atoms with E-state index in [-0.39, 0.29) is 18.0 Å². The first-order valence-corrected chi connectivity index (χ1v) is 4.98. The van der Waals surface area contributed by atoms with E-state index < -0.39 is 5.60 Å². The van der Waals surface area contributed by atoms with Gasteiger partial charge in [-0.3, -0.25) is 4.79 Å². The van der Waals surface area contributed by atoms with Gasteiger partial charge < -0.3 is 15.2 Å². The lowest BCUT2D eigenvalue weighted by molar-refractivity contribution is -0.161. The van der Waals surface area contributed by atoms with E-state index in [0.29, 0.717) is 13.2 Å². The van der Waals surface area contributed by atoms with Crippen molar-refractivity contribution in [3.05, 3.63) is 0 Å². The molecular weight excluding hydrogens is 182 g/mol. The molecule has 0 radical (unpaired) electrons. The first kappa shape index (κ1) is 11.5. The van der Waals surface area contributed by atoms with Gasteiger partial charge in [0.2, 0.25) is 0 Å². The van der Waals surface area contributed by atoms with Gasteiger partial charge in [0.05, 0.1) is 12.0 Å². The van der Waals surface area contributed by atoms with Crippen LogP contribution in [-0.4, -0.2) is 30.8 Å². The van der Waals surface area contributed by atoms with Crippen molar-refractivity contribution in [2.24, 2.45) is 11.7 Å². The highest BCUT2D eigenvalue weighted by atomic mass is 16.6. The molecule has 1 heterocycles. The fourth-order valence-corrected chi connectivity index (χ4v) is 1.53. The molecule has 0 saturated carbocycles. The monoisotopic (exact) mass is 201 g/mol. The molecule has 2 atom stereocenters. The lowest BCUT2D eigenvalue weighted by Gasteiger charge is -2.23. The van der Waals surface area contributed by atoms with Crippen LogP contribution >= 0.6 is 0 Å². The zero-order valence-electron chi connectivity index (χ0n) is 9.08. The molecule has 1 fully saturated rings. The lowest BCUT2D eigenvalue weighted by Crippen LogP contribution is -2.36. The third-order valence-corrected chi connectivity index (χ3v) is 2.15. The van der Waals surface area contributed by atoms with Gasteiger partial charge in [0.15, 0.2) is 0 Å². The molecule has 0 aromatic carbocycles. The van der Waals surface area contributed by atoms with Crippen LogP contribution in [0, 0.1) is 5.92 Å². The van der Waals surface area contributed by atoms with Crippen molar-refractivity contribution in [3.8, 4) is 0 Å². The quantitative estimate of drug-likeness (QED) is 0.668. The second kappa shape index (κ2) is 4.28. The summed E-state index contributed by atoms with van der Waals surface area (Å²) in [5, 5.41) is 0.